The average molecular weight is 356 g/mol. The molecule has 1 N–H and O–H groups in total. The summed E-state index contributed by atoms with van der Waals surface area (Å²) in [5.41, 5.74) is 0.638. The van der Waals surface area contributed by atoms with Crippen molar-refractivity contribution in [3.8, 4) is 0 Å². The Kier molecular flexibility index (Phi) is 5.10. The first-order chi connectivity index (χ1) is 11.6. The Morgan fingerprint density at radius 1 is 0.708 bits per heavy atom. The van der Waals surface area contributed by atoms with Crippen LogP contribution in [-0.4, -0.2) is 13.0 Å². The molecule has 0 aliphatic carbocycles. The highest BCUT2D eigenvalue weighted by Gasteiger charge is 2.20. The molecule has 0 saturated carbocycles. The maximum Gasteiger partial charge on any atom is 0.294 e. The first-order valence-electron chi connectivity index (χ1n) is 7.49. The molecular formula is C19H17O3PS. The topological polar surface area (TPSA) is 54.4 Å². The Morgan fingerprint density at radius 2 is 1.17 bits per heavy atom. The third kappa shape index (κ3) is 3.90. The third-order valence-electron chi connectivity index (χ3n) is 3.71. The summed E-state index contributed by atoms with van der Waals surface area (Å²) >= 11 is 0. The third-order valence-corrected chi connectivity index (χ3v) is 7.17. The van der Waals surface area contributed by atoms with Gasteiger partial charge in [0.1, 0.15) is 0 Å². The van der Waals surface area contributed by atoms with Crippen molar-refractivity contribution in [1.29, 1.82) is 0 Å². The molecule has 0 unspecified atom stereocenters. The van der Waals surface area contributed by atoms with Gasteiger partial charge in [0.15, 0.2) is 0 Å². The standard InChI is InChI=1S/C19H17O3PS/c20-24(21,22)19-14-8-7-9-16(19)15-23(17-10-3-1-4-11-17)18-12-5-2-6-13-18/h1-14H,15H2,(H,20,21,22). The van der Waals surface area contributed by atoms with Crippen LogP contribution in [-0.2, 0) is 16.3 Å². The number of hydrogen-bond donors (Lipinski definition) is 1. The SMILES string of the molecule is O=S(=O)(O)c1ccccc1CP(c1ccccc1)c1ccccc1. The molecule has 0 aromatic heterocycles. The van der Waals surface area contributed by atoms with E-state index in [0.717, 1.165) is 0 Å². The second-order valence-corrected chi connectivity index (χ2v) is 8.94. The molecule has 0 radical (unpaired) electrons. The molecule has 0 aliphatic rings. The summed E-state index contributed by atoms with van der Waals surface area (Å²) in [5, 5.41) is 2.34. The monoisotopic (exact) mass is 356 g/mol. The summed E-state index contributed by atoms with van der Waals surface area (Å²) in [5.74, 6) is 0. The molecule has 0 spiro atoms. The second kappa shape index (κ2) is 7.27. The molecule has 3 nitrogen and oxygen atoms in total. The molecule has 5 heteroatoms. The maximum atomic E-state index is 11.7. The van der Waals surface area contributed by atoms with Crippen molar-refractivity contribution < 1.29 is 13.0 Å². The Bertz CT molecular complexity index is 870. The van der Waals surface area contributed by atoms with Gasteiger partial charge in [-0.25, -0.2) is 0 Å². The van der Waals surface area contributed by atoms with Gasteiger partial charge >= 0.3 is 0 Å². The predicted octanol–water partition coefficient (Wildman–Crippen LogP) is 3.57. The van der Waals surface area contributed by atoms with Crippen LogP contribution < -0.4 is 10.6 Å². The van der Waals surface area contributed by atoms with Crippen molar-refractivity contribution in [2.45, 2.75) is 11.1 Å². The van der Waals surface area contributed by atoms with Gasteiger partial charge in [0.2, 0.25) is 0 Å². The van der Waals surface area contributed by atoms with Crippen molar-refractivity contribution in [2.75, 3.05) is 0 Å². The molecule has 0 bridgehead atoms. The van der Waals surface area contributed by atoms with Gasteiger partial charge in [0.25, 0.3) is 10.1 Å². The molecule has 0 heterocycles. The van der Waals surface area contributed by atoms with Gasteiger partial charge in [-0.3, -0.25) is 4.55 Å². The summed E-state index contributed by atoms with van der Waals surface area (Å²) in [6.45, 7) is 0. The first-order valence-corrected chi connectivity index (χ1v) is 10.5. The number of hydrogen-bond acceptors (Lipinski definition) is 2. The van der Waals surface area contributed by atoms with Crippen molar-refractivity contribution >= 4 is 28.6 Å². The van der Waals surface area contributed by atoms with Gasteiger partial charge in [-0.2, -0.15) is 8.42 Å². The molecule has 0 amide bonds. The van der Waals surface area contributed by atoms with Gasteiger partial charge in [0, 0.05) is 6.16 Å². The van der Waals surface area contributed by atoms with E-state index in [1.807, 2.05) is 36.4 Å². The minimum absolute atomic E-state index is 0.00985. The quantitative estimate of drug-likeness (QED) is 0.562. The van der Waals surface area contributed by atoms with Crippen molar-refractivity contribution in [3.05, 3.63) is 90.5 Å². The van der Waals surface area contributed by atoms with Gasteiger partial charge in [-0.05, 0) is 30.2 Å². The van der Waals surface area contributed by atoms with Crippen molar-refractivity contribution in [3.63, 3.8) is 0 Å². The van der Waals surface area contributed by atoms with E-state index in [1.165, 1.54) is 16.7 Å². The van der Waals surface area contributed by atoms with Crippen LogP contribution in [0.4, 0.5) is 0 Å². The van der Waals surface area contributed by atoms with E-state index in [1.54, 1.807) is 18.2 Å². The lowest BCUT2D eigenvalue weighted by Gasteiger charge is -2.20. The normalized spacial score (nSPS) is 11.6. The highest BCUT2D eigenvalue weighted by molar-refractivity contribution is 7.86. The Labute approximate surface area is 143 Å². The molecule has 0 fully saturated rings. The fourth-order valence-corrected chi connectivity index (χ4v) is 5.78. The number of benzene rings is 3. The van der Waals surface area contributed by atoms with E-state index in [-0.39, 0.29) is 4.90 Å². The fraction of sp³-hybridized carbons (Fsp3) is 0.0526. The molecule has 0 aliphatic heterocycles. The van der Waals surface area contributed by atoms with Gasteiger partial charge in [0.05, 0.1) is 4.90 Å². The predicted molar refractivity (Wildman–Crippen MR) is 99.0 cm³/mol. The molecular weight excluding hydrogens is 339 g/mol. The van der Waals surface area contributed by atoms with Crippen LogP contribution in [0.3, 0.4) is 0 Å². The van der Waals surface area contributed by atoms with Crippen LogP contribution in [0.5, 0.6) is 0 Å². The second-order valence-electron chi connectivity index (χ2n) is 5.34. The smallest absolute Gasteiger partial charge is 0.282 e. The van der Waals surface area contributed by atoms with Crippen LogP contribution in [0.15, 0.2) is 89.8 Å². The van der Waals surface area contributed by atoms with E-state index < -0.39 is 18.0 Å². The molecule has 122 valence electrons. The molecule has 0 atom stereocenters. The van der Waals surface area contributed by atoms with Crippen LogP contribution in [0, 0.1) is 0 Å². The van der Waals surface area contributed by atoms with E-state index in [0.29, 0.717) is 11.7 Å². The summed E-state index contributed by atoms with van der Waals surface area (Å²) in [6, 6.07) is 26.8. The molecule has 24 heavy (non-hydrogen) atoms. The average Bonchev–Trinajstić information content (AvgIpc) is 2.61. The summed E-state index contributed by atoms with van der Waals surface area (Å²) in [6.07, 6.45) is 0.555. The lowest BCUT2D eigenvalue weighted by atomic mass is 10.2. The van der Waals surface area contributed by atoms with Crippen LogP contribution >= 0.6 is 7.92 Å². The minimum atomic E-state index is -4.23. The zero-order valence-corrected chi connectivity index (χ0v) is 14.6. The zero-order chi connectivity index (χ0) is 17.0. The summed E-state index contributed by atoms with van der Waals surface area (Å²) in [4.78, 5) is -0.00985. The Morgan fingerprint density at radius 3 is 1.67 bits per heavy atom. The van der Waals surface area contributed by atoms with E-state index in [9.17, 15) is 13.0 Å². The minimum Gasteiger partial charge on any atom is -0.282 e. The van der Waals surface area contributed by atoms with Gasteiger partial charge < -0.3 is 0 Å². The van der Waals surface area contributed by atoms with E-state index >= 15 is 0 Å². The molecule has 3 aromatic rings. The fourth-order valence-electron chi connectivity index (χ4n) is 2.60. The summed E-state index contributed by atoms with van der Waals surface area (Å²) in [7, 11) is -5.00. The van der Waals surface area contributed by atoms with Crippen molar-refractivity contribution in [2.24, 2.45) is 0 Å². The van der Waals surface area contributed by atoms with Crippen LogP contribution in [0.25, 0.3) is 0 Å². The van der Waals surface area contributed by atoms with Gasteiger partial charge in [-0.15, -0.1) is 0 Å². The molecule has 3 aromatic carbocycles. The Hall–Kier alpha value is -2.00. The highest BCUT2D eigenvalue weighted by Crippen LogP contribution is 2.39. The van der Waals surface area contributed by atoms with Crippen molar-refractivity contribution in [1.82, 2.24) is 0 Å². The number of rotatable bonds is 5. The van der Waals surface area contributed by atoms with E-state index in [2.05, 4.69) is 24.3 Å². The molecule has 0 saturated heterocycles. The molecule has 3 rings (SSSR count). The van der Waals surface area contributed by atoms with Crippen LogP contribution in [0.2, 0.25) is 0 Å². The lowest BCUT2D eigenvalue weighted by Crippen LogP contribution is -2.14. The Balaban J connectivity index is 2.07. The van der Waals surface area contributed by atoms with E-state index in [4.69, 9.17) is 0 Å². The summed E-state index contributed by atoms with van der Waals surface area (Å²) < 4.78 is 32.8. The lowest BCUT2D eigenvalue weighted by molar-refractivity contribution is 0.482. The largest absolute Gasteiger partial charge is 0.294 e. The zero-order valence-electron chi connectivity index (χ0n) is 12.9. The maximum absolute atomic E-state index is 11.7. The highest BCUT2D eigenvalue weighted by atomic mass is 32.2. The van der Waals surface area contributed by atoms with Crippen LogP contribution in [0.1, 0.15) is 5.56 Å². The van der Waals surface area contributed by atoms with Gasteiger partial charge in [-0.1, -0.05) is 78.9 Å². The first kappa shape index (κ1) is 16.8.